The summed E-state index contributed by atoms with van der Waals surface area (Å²) in [5, 5.41) is 7.15. The number of amides is 1. The summed E-state index contributed by atoms with van der Waals surface area (Å²) in [7, 11) is 0. The van der Waals surface area contributed by atoms with Crippen molar-refractivity contribution in [2.24, 2.45) is 0 Å². The first-order chi connectivity index (χ1) is 15.1. The van der Waals surface area contributed by atoms with Gasteiger partial charge in [0.25, 0.3) is 5.91 Å². The Labute approximate surface area is 181 Å². The van der Waals surface area contributed by atoms with Crippen molar-refractivity contribution in [2.45, 2.75) is 33.4 Å². The molecule has 0 aliphatic heterocycles. The molecule has 0 atom stereocenters. The smallest absolute Gasteiger partial charge is 0.291 e. The Morgan fingerprint density at radius 2 is 1.90 bits per heavy atom. The van der Waals surface area contributed by atoms with E-state index in [0.717, 1.165) is 12.2 Å². The largest absolute Gasteiger partial charge is 0.486 e. The molecule has 0 aliphatic rings. The van der Waals surface area contributed by atoms with Crippen LogP contribution in [0.5, 0.6) is 5.75 Å². The number of carbonyl (C=O) groups excluding carboxylic acids is 1. The lowest BCUT2D eigenvalue weighted by Gasteiger charge is -2.05. The Morgan fingerprint density at radius 1 is 1.10 bits per heavy atom. The third kappa shape index (κ3) is 5.22. The van der Waals surface area contributed by atoms with Gasteiger partial charge in [0.05, 0.1) is 18.4 Å². The molecule has 1 amide bonds. The lowest BCUT2D eigenvalue weighted by atomic mass is 10.1. The molecule has 0 fully saturated rings. The van der Waals surface area contributed by atoms with Crippen LogP contribution in [0.2, 0.25) is 0 Å². The molecule has 6 nitrogen and oxygen atoms in total. The van der Waals surface area contributed by atoms with Crippen LogP contribution in [-0.4, -0.2) is 15.7 Å². The van der Waals surface area contributed by atoms with Crippen molar-refractivity contribution in [2.75, 3.05) is 5.32 Å². The fraction of sp³-hybridized carbons (Fsp3) is 0.200. The maximum atomic E-state index is 12.5. The number of nitrogens with one attached hydrogen (secondary N) is 1. The predicted molar refractivity (Wildman–Crippen MR) is 119 cm³/mol. The van der Waals surface area contributed by atoms with Crippen LogP contribution in [0.4, 0.5) is 5.69 Å². The number of nitrogens with zero attached hydrogens (tertiary/aromatic N) is 2. The molecular weight excluding hydrogens is 390 g/mol. The molecule has 4 aromatic rings. The van der Waals surface area contributed by atoms with Gasteiger partial charge in [0.2, 0.25) is 0 Å². The Kier molecular flexibility index (Phi) is 6.17. The summed E-state index contributed by atoms with van der Waals surface area (Å²) in [6, 6.07) is 19.5. The first kappa shape index (κ1) is 20.5. The quantitative estimate of drug-likeness (QED) is 0.428. The fourth-order valence-electron chi connectivity index (χ4n) is 3.22. The van der Waals surface area contributed by atoms with Gasteiger partial charge in [-0.3, -0.25) is 9.48 Å². The zero-order valence-electron chi connectivity index (χ0n) is 17.7. The van der Waals surface area contributed by atoms with Gasteiger partial charge in [-0.15, -0.1) is 0 Å². The molecule has 0 spiro atoms. The first-order valence-electron chi connectivity index (χ1n) is 10.3. The Balaban J connectivity index is 1.32. The van der Waals surface area contributed by atoms with Gasteiger partial charge >= 0.3 is 0 Å². The van der Waals surface area contributed by atoms with Crippen molar-refractivity contribution in [3.63, 3.8) is 0 Å². The van der Waals surface area contributed by atoms with Crippen molar-refractivity contribution in [1.82, 2.24) is 9.78 Å². The van der Waals surface area contributed by atoms with E-state index in [2.05, 4.69) is 36.4 Å². The number of anilines is 1. The molecule has 0 saturated heterocycles. The maximum Gasteiger partial charge on any atom is 0.291 e. The second kappa shape index (κ2) is 9.34. The van der Waals surface area contributed by atoms with E-state index in [4.69, 9.17) is 9.15 Å². The molecule has 2 aromatic carbocycles. The number of furan rings is 1. The van der Waals surface area contributed by atoms with E-state index in [1.54, 1.807) is 29.2 Å². The Bertz CT molecular complexity index is 1160. The predicted octanol–water partition coefficient (Wildman–Crippen LogP) is 5.23. The van der Waals surface area contributed by atoms with E-state index < -0.39 is 0 Å². The average Bonchev–Trinajstić information content (AvgIpc) is 3.44. The lowest BCUT2D eigenvalue weighted by Crippen LogP contribution is -2.10. The number of aryl methyl sites for hydroxylation is 2. The van der Waals surface area contributed by atoms with E-state index in [1.807, 2.05) is 36.4 Å². The second-order valence-electron chi connectivity index (χ2n) is 7.36. The maximum absolute atomic E-state index is 12.5. The monoisotopic (exact) mass is 415 g/mol. The molecule has 0 saturated carbocycles. The van der Waals surface area contributed by atoms with E-state index in [-0.39, 0.29) is 18.3 Å². The number of rotatable bonds is 8. The van der Waals surface area contributed by atoms with E-state index in [9.17, 15) is 4.79 Å². The molecule has 0 radical (unpaired) electrons. The molecule has 4 rings (SSSR count). The fourth-order valence-corrected chi connectivity index (χ4v) is 3.22. The summed E-state index contributed by atoms with van der Waals surface area (Å²) in [4.78, 5) is 12.5. The number of ether oxygens (including phenoxy) is 1. The van der Waals surface area contributed by atoms with Crippen molar-refractivity contribution < 1.29 is 13.9 Å². The molecule has 2 aromatic heterocycles. The van der Waals surface area contributed by atoms with Crippen LogP contribution >= 0.6 is 0 Å². The van der Waals surface area contributed by atoms with Crippen molar-refractivity contribution in [3.05, 3.63) is 101 Å². The van der Waals surface area contributed by atoms with Crippen LogP contribution in [-0.2, 0) is 19.6 Å². The van der Waals surface area contributed by atoms with Crippen molar-refractivity contribution >= 4 is 11.6 Å². The molecule has 0 aliphatic carbocycles. The summed E-state index contributed by atoms with van der Waals surface area (Å²) in [6.45, 7) is 5.08. The Morgan fingerprint density at radius 3 is 2.68 bits per heavy atom. The second-order valence-corrected chi connectivity index (χ2v) is 7.36. The number of aromatic nitrogens is 2. The minimum Gasteiger partial charge on any atom is -0.486 e. The lowest BCUT2D eigenvalue weighted by molar-refractivity contribution is 0.0992. The highest BCUT2D eigenvalue weighted by Gasteiger charge is 2.13. The van der Waals surface area contributed by atoms with Gasteiger partial charge in [-0.25, -0.2) is 0 Å². The van der Waals surface area contributed by atoms with E-state index >= 15 is 0 Å². The van der Waals surface area contributed by atoms with Crippen LogP contribution in [0.3, 0.4) is 0 Å². The molecular formula is C25H25N3O3. The van der Waals surface area contributed by atoms with Gasteiger partial charge in [0, 0.05) is 6.20 Å². The van der Waals surface area contributed by atoms with Crippen molar-refractivity contribution in [1.29, 1.82) is 0 Å². The number of hydrogen-bond acceptors (Lipinski definition) is 4. The van der Waals surface area contributed by atoms with Crippen molar-refractivity contribution in [3.8, 4) is 5.75 Å². The zero-order valence-corrected chi connectivity index (χ0v) is 17.7. The molecule has 1 N–H and O–H groups in total. The highest BCUT2D eigenvalue weighted by atomic mass is 16.5. The summed E-state index contributed by atoms with van der Waals surface area (Å²) < 4.78 is 13.2. The van der Waals surface area contributed by atoms with Crippen LogP contribution in [0.15, 0.2) is 77.5 Å². The number of carbonyl (C=O) groups is 1. The third-order valence-corrected chi connectivity index (χ3v) is 5.08. The average molecular weight is 415 g/mol. The third-order valence-electron chi connectivity index (χ3n) is 5.08. The zero-order chi connectivity index (χ0) is 21.6. The van der Waals surface area contributed by atoms with E-state index in [0.29, 0.717) is 18.0 Å². The standard InChI is InChI=1S/C25H25N3O3/c1-3-19-8-10-22(11-9-19)30-17-23-12-13-24(31-23)25(29)27-21-14-26-28(16-21)15-20-7-5-4-6-18(20)2/h4-14,16H,3,15,17H2,1-2H3,(H,27,29). The molecule has 158 valence electrons. The summed E-state index contributed by atoms with van der Waals surface area (Å²) in [6.07, 6.45) is 4.42. The minimum atomic E-state index is -0.325. The number of hydrogen-bond donors (Lipinski definition) is 1. The van der Waals surface area contributed by atoms with Crippen LogP contribution in [0.1, 0.15) is 39.9 Å². The van der Waals surface area contributed by atoms with Gasteiger partial charge in [0.15, 0.2) is 5.76 Å². The topological polar surface area (TPSA) is 69.3 Å². The SMILES string of the molecule is CCc1ccc(OCc2ccc(C(=O)Nc3cnn(Cc4ccccc4C)c3)o2)cc1. The van der Waals surface area contributed by atoms with Crippen LogP contribution in [0.25, 0.3) is 0 Å². The highest BCUT2D eigenvalue weighted by molar-refractivity contribution is 6.02. The highest BCUT2D eigenvalue weighted by Crippen LogP contribution is 2.17. The normalized spacial score (nSPS) is 10.8. The molecule has 31 heavy (non-hydrogen) atoms. The van der Waals surface area contributed by atoms with E-state index in [1.165, 1.54) is 16.7 Å². The first-order valence-corrected chi connectivity index (χ1v) is 10.3. The van der Waals surface area contributed by atoms with Gasteiger partial charge in [-0.1, -0.05) is 43.3 Å². The Hall–Kier alpha value is -3.80. The molecule has 0 bridgehead atoms. The van der Waals surface area contributed by atoms with Gasteiger partial charge < -0.3 is 14.5 Å². The summed E-state index contributed by atoms with van der Waals surface area (Å²) in [5.41, 5.74) is 4.26. The van der Waals surface area contributed by atoms with Gasteiger partial charge in [-0.2, -0.15) is 5.10 Å². The minimum absolute atomic E-state index is 0.228. The molecule has 2 heterocycles. The summed E-state index contributed by atoms with van der Waals surface area (Å²) in [5.74, 6) is 1.25. The number of benzene rings is 2. The van der Waals surface area contributed by atoms with Gasteiger partial charge in [0.1, 0.15) is 18.1 Å². The molecule has 0 unspecified atom stereocenters. The van der Waals surface area contributed by atoms with Crippen LogP contribution < -0.4 is 10.1 Å². The summed E-state index contributed by atoms with van der Waals surface area (Å²) >= 11 is 0. The molecule has 6 heteroatoms. The van der Waals surface area contributed by atoms with Crippen LogP contribution in [0, 0.1) is 6.92 Å². The van der Waals surface area contributed by atoms with Gasteiger partial charge in [-0.05, 0) is 54.3 Å².